The van der Waals surface area contributed by atoms with Crippen molar-refractivity contribution in [1.82, 2.24) is 20.0 Å². The van der Waals surface area contributed by atoms with E-state index in [1.807, 2.05) is 4.90 Å². The molecular formula is C19H26N4O4S. The van der Waals surface area contributed by atoms with Gasteiger partial charge in [0.25, 0.3) is 5.91 Å². The van der Waals surface area contributed by atoms with Crippen LogP contribution in [0.3, 0.4) is 0 Å². The number of amides is 1. The minimum Gasteiger partial charge on any atom is -0.385 e. The number of hydrogen-bond donors (Lipinski definition) is 0. The Morgan fingerprint density at radius 3 is 2.82 bits per heavy atom. The normalized spacial score (nSPS) is 20.4. The first kappa shape index (κ1) is 19.5. The third-order valence-corrected chi connectivity index (χ3v) is 6.52. The van der Waals surface area contributed by atoms with Crippen LogP contribution in [0, 0.1) is 0 Å². The SMILES string of the molecule is COCCC1(c2noc(C3CCOCC3)n2)CCN(C(=O)c2cscn2)CC1. The number of methoxy groups -OCH3 is 1. The Bertz CT molecular complexity index is 765. The Balaban J connectivity index is 1.48. The molecule has 2 saturated heterocycles. The molecule has 9 heteroatoms. The van der Waals surface area contributed by atoms with Gasteiger partial charge in [0.2, 0.25) is 5.89 Å². The lowest BCUT2D eigenvalue weighted by Crippen LogP contribution is -2.46. The van der Waals surface area contributed by atoms with Crippen molar-refractivity contribution in [1.29, 1.82) is 0 Å². The molecule has 1 amide bonds. The summed E-state index contributed by atoms with van der Waals surface area (Å²) in [7, 11) is 1.71. The molecule has 4 heterocycles. The van der Waals surface area contributed by atoms with Crippen LogP contribution in [0.5, 0.6) is 0 Å². The molecule has 2 aromatic heterocycles. The van der Waals surface area contributed by atoms with Crippen LogP contribution >= 0.6 is 11.3 Å². The molecule has 0 saturated carbocycles. The minimum atomic E-state index is -0.220. The summed E-state index contributed by atoms with van der Waals surface area (Å²) in [6.45, 7) is 3.42. The fourth-order valence-electron chi connectivity index (χ4n) is 4.06. The van der Waals surface area contributed by atoms with Crippen molar-refractivity contribution < 1.29 is 18.8 Å². The molecule has 0 unspecified atom stereocenters. The van der Waals surface area contributed by atoms with Crippen molar-refractivity contribution in [2.45, 2.75) is 43.4 Å². The highest BCUT2D eigenvalue weighted by Gasteiger charge is 2.41. The zero-order valence-corrected chi connectivity index (χ0v) is 16.9. The highest BCUT2D eigenvalue weighted by molar-refractivity contribution is 7.07. The van der Waals surface area contributed by atoms with E-state index in [4.69, 9.17) is 19.0 Å². The lowest BCUT2D eigenvalue weighted by Gasteiger charge is -2.39. The van der Waals surface area contributed by atoms with Gasteiger partial charge in [-0.2, -0.15) is 4.98 Å². The van der Waals surface area contributed by atoms with Gasteiger partial charge in [0.15, 0.2) is 5.82 Å². The van der Waals surface area contributed by atoms with Crippen molar-refractivity contribution in [3.63, 3.8) is 0 Å². The van der Waals surface area contributed by atoms with E-state index in [9.17, 15) is 4.79 Å². The molecule has 4 rings (SSSR count). The number of nitrogens with zero attached hydrogens (tertiary/aromatic N) is 4. The van der Waals surface area contributed by atoms with Crippen molar-refractivity contribution in [3.8, 4) is 0 Å². The summed E-state index contributed by atoms with van der Waals surface area (Å²) >= 11 is 1.44. The number of thiazole rings is 1. The van der Waals surface area contributed by atoms with Gasteiger partial charge in [-0.05, 0) is 32.1 Å². The molecule has 8 nitrogen and oxygen atoms in total. The first-order valence-electron chi connectivity index (χ1n) is 9.80. The van der Waals surface area contributed by atoms with Gasteiger partial charge >= 0.3 is 0 Å². The Morgan fingerprint density at radius 2 is 2.14 bits per heavy atom. The largest absolute Gasteiger partial charge is 0.385 e. The summed E-state index contributed by atoms with van der Waals surface area (Å²) in [6, 6.07) is 0. The molecule has 0 aliphatic carbocycles. The number of carbonyl (C=O) groups excluding carboxylic acids is 1. The molecule has 2 fully saturated rings. The summed E-state index contributed by atoms with van der Waals surface area (Å²) in [6.07, 6.45) is 4.23. The second-order valence-electron chi connectivity index (χ2n) is 7.53. The maximum Gasteiger partial charge on any atom is 0.273 e. The summed E-state index contributed by atoms with van der Waals surface area (Å²) < 4.78 is 16.4. The predicted octanol–water partition coefficient (Wildman–Crippen LogP) is 2.63. The standard InChI is InChI=1S/C19H26N4O4S/c1-25-11-6-19(18-21-16(27-22-18)14-2-9-26-10-3-14)4-7-23(8-5-19)17(24)15-12-28-13-20-15/h12-14H,2-11H2,1H3. The maximum atomic E-state index is 12.6. The van der Waals surface area contributed by atoms with E-state index in [0.29, 0.717) is 25.4 Å². The van der Waals surface area contributed by atoms with Crippen LogP contribution in [0.2, 0.25) is 0 Å². The van der Waals surface area contributed by atoms with Gasteiger partial charge < -0.3 is 18.9 Å². The molecule has 0 N–H and O–H groups in total. The third-order valence-electron chi connectivity index (χ3n) is 5.93. The van der Waals surface area contributed by atoms with Crippen LogP contribution in [0.25, 0.3) is 0 Å². The van der Waals surface area contributed by atoms with E-state index in [1.165, 1.54) is 11.3 Å². The number of piperidine rings is 1. The van der Waals surface area contributed by atoms with E-state index in [2.05, 4.69) is 10.1 Å². The van der Waals surface area contributed by atoms with Crippen LogP contribution in [0.1, 0.15) is 60.2 Å². The van der Waals surface area contributed by atoms with Crippen LogP contribution < -0.4 is 0 Å². The zero-order valence-electron chi connectivity index (χ0n) is 16.1. The lowest BCUT2D eigenvalue weighted by molar-refractivity contribution is 0.0611. The smallest absolute Gasteiger partial charge is 0.273 e. The van der Waals surface area contributed by atoms with Crippen molar-refractivity contribution in [3.05, 3.63) is 28.3 Å². The molecule has 2 aliphatic rings. The molecule has 152 valence electrons. The van der Waals surface area contributed by atoms with Gasteiger partial charge in [-0.25, -0.2) is 4.98 Å². The fourth-order valence-corrected chi connectivity index (χ4v) is 4.59. The Morgan fingerprint density at radius 1 is 1.36 bits per heavy atom. The fraction of sp³-hybridized carbons (Fsp3) is 0.684. The van der Waals surface area contributed by atoms with E-state index >= 15 is 0 Å². The number of hydrogen-bond acceptors (Lipinski definition) is 8. The zero-order chi connectivity index (χ0) is 19.4. The molecule has 0 spiro atoms. The van der Waals surface area contributed by atoms with E-state index in [1.54, 1.807) is 18.0 Å². The second-order valence-corrected chi connectivity index (χ2v) is 8.25. The van der Waals surface area contributed by atoms with E-state index in [-0.39, 0.29) is 17.2 Å². The first-order valence-corrected chi connectivity index (χ1v) is 10.7. The monoisotopic (exact) mass is 406 g/mol. The topological polar surface area (TPSA) is 90.6 Å². The summed E-state index contributed by atoms with van der Waals surface area (Å²) in [5.41, 5.74) is 2.00. The van der Waals surface area contributed by atoms with Crippen molar-refractivity contribution in [2.75, 3.05) is 40.0 Å². The molecule has 2 aromatic rings. The summed E-state index contributed by atoms with van der Waals surface area (Å²) in [4.78, 5) is 23.4. The Kier molecular flexibility index (Phi) is 6.03. The van der Waals surface area contributed by atoms with Gasteiger partial charge in [0.1, 0.15) is 5.69 Å². The number of ether oxygens (including phenoxy) is 2. The lowest BCUT2D eigenvalue weighted by atomic mass is 9.75. The molecule has 0 atom stereocenters. The van der Waals surface area contributed by atoms with E-state index in [0.717, 1.165) is 57.0 Å². The minimum absolute atomic E-state index is 0.00222. The van der Waals surface area contributed by atoms with Crippen molar-refractivity contribution >= 4 is 17.2 Å². The molecule has 0 bridgehead atoms. The summed E-state index contributed by atoms with van der Waals surface area (Å²) in [5.74, 6) is 1.75. The van der Waals surface area contributed by atoms with Crippen LogP contribution in [0.15, 0.2) is 15.4 Å². The number of carbonyl (C=O) groups is 1. The number of likely N-dealkylation sites (tertiary alicyclic amines) is 1. The molecule has 0 radical (unpaired) electrons. The van der Waals surface area contributed by atoms with Gasteiger partial charge in [0.05, 0.1) is 5.51 Å². The van der Waals surface area contributed by atoms with Gasteiger partial charge in [-0.15, -0.1) is 11.3 Å². The van der Waals surface area contributed by atoms with Gasteiger partial charge in [-0.1, -0.05) is 5.16 Å². The Labute approximate surface area is 168 Å². The average molecular weight is 407 g/mol. The first-order chi connectivity index (χ1) is 13.7. The number of rotatable bonds is 6. The quantitative estimate of drug-likeness (QED) is 0.728. The van der Waals surface area contributed by atoms with Gasteiger partial charge in [-0.3, -0.25) is 4.79 Å². The predicted molar refractivity (Wildman–Crippen MR) is 103 cm³/mol. The second kappa shape index (κ2) is 8.67. The average Bonchev–Trinajstić information content (AvgIpc) is 3.45. The Hall–Kier alpha value is -1.84. The highest BCUT2D eigenvalue weighted by Crippen LogP contribution is 2.38. The maximum absolute atomic E-state index is 12.6. The molecular weight excluding hydrogens is 380 g/mol. The molecule has 28 heavy (non-hydrogen) atoms. The highest BCUT2D eigenvalue weighted by atomic mass is 32.1. The molecule has 0 aromatic carbocycles. The number of aromatic nitrogens is 3. The summed E-state index contributed by atoms with van der Waals surface area (Å²) in [5, 5.41) is 6.16. The van der Waals surface area contributed by atoms with Gasteiger partial charge in [0, 0.05) is 56.7 Å². The van der Waals surface area contributed by atoms with Crippen molar-refractivity contribution in [2.24, 2.45) is 0 Å². The van der Waals surface area contributed by atoms with Crippen LogP contribution in [-0.2, 0) is 14.9 Å². The van der Waals surface area contributed by atoms with Crippen LogP contribution in [-0.4, -0.2) is 66.0 Å². The van der Waals surface area contributed by atoms with E-state index < -0.39 is 0 Å². The third kappa shape index (κ3) is 3.97. The molecule has 2 aliphatic heterocycles. The van der Waals surface area contributed by atoms with Crippen LogP contribution in [0.4, 0.5) is 0 Å².